The number of halogens is 1. The second-order valence-corrected chi connectivity index (χ2v) is 7.38. The summed E-state index contributed by atoms with van der Waals surface area (Å²) in [5.74, 6) is -0.294. The minimum atomic E-state index is -0.357. The molecule has 0 bridgehead atoms. The van der Waals surface area contributed by atoms with Crippen molar-refractivity contribution in [2.45, 2.75) is 24.7 Å². The zero-order chi connectivity index (χ0) is 17.6. The molecule has 0 atom stereocenters. The number of fused-ring (bicyclic) bond motifs is 2. The third-order valence-corrected chi connectivity index (χ3v) is 5.56. The van der Waals surface area contributed by atoms with Gasteiger partial charge in [-0.25, -0.2) is 4.39 Å². The van der Waals surface area contributed by atoms with E-state index in [4.69, 9.17) is 0 Å². The quantitative estimate of drug-likeness (QED) is 0.846. The number of aryl methyl sites for hydroxylation is 2. The predicted molar refractivity (Wildman–Crippen MR) is 96.9 cm³/mol. The lowest BCUT2D eigenvalue weighted by Crippen LogP contribution is -2.36. The molecule has 4 rings (SSSR count). The van der Waals surface area contributed by atoms with Gasteiger partial charge in [-0.1, -0.05) is 6.07 Å². The summed E-state index contributed by atoms with van der Waals surface area (Å²) in [6.07, 6.45) is 1.58. The van der Waals surface area contributed by atoms with E-state index in [1.807, 2.05) is 19.1 Å². The molecule has 2 amide bonds. The average Bonchev–Trinajstić information content (AvgIpc) is 2.59. The molecule has 2 aromatic carbocycles. The molecule has 0 unspecified atom stereocenters. The number of benzene rings is 2. The molecule has 1 N–H and O–H groups in total. The van der Waals surface area contributed by atoms with Gasteiger partial charge in [0, 0.05) is 17.0 Å². The number of amides is 2. The highest BCUT2D eigenvalue weighted by Crippen LogP contribution is 2.35. The molecule has 2 aliphatic rings. The maximum Gasteiger partial charge on any atom is 0.258 e. The number of rotatable bonds is 1. The van der Waals surface area contributed by atoms with Crippen LogP contribution in [0.1, 0.15) is 27.9 Å². The van der Waals surface area contributed by atoms with Crippen molar-refractivity contribution in [3.63, 3.8) is 0 Å². The van der Waals surface area contributed by atoms with Crippen LogP contribution in [0.15, 0.2) is 35.2 Å². The molecule has 0 fully saturated rings. The maximum atomic E-state index is 14.5. The molecule has 0 aromatic heterocycles. The average molecular weight is 356 g/mol. The fraction of sp³-hybridized carbons (Fsp3) is 0.263. The lowest BCUT2D eigenvalue weighted by molar-refractivity contribution is -0.113. The van der Waals surface area contributed by atoms with Gasteiger partial charge in [0.1, 0.15) is 5.82 Å². The van der Waals surface area contributed by atoms with Gasteiger partial charge in [-0.2, -0.15) is 0 Å². The maximum absolute atomic E-state index is 14.5. The Labute approximate surface area is 149 Å². The van der Waals surface area contributed by atoms with E-state index in [-0.39, 0.29) is 17.6 Å². The van der Waals surface area contributed by atoms with Crippen molar-refractivity contribution in [3.8, 4) is 0 Å². The van der Waals surface area contributed by atoms with Gasteiger partial charge < -0.3 is 10.2 Å². The summed E-state index contributed by atoms with van der Waals surface area (Å²) >= 11 is 1.45. The molecule has 0 radical (unpaired) electrons. The van der Waals surface area contributed by atoms with Crippen LogP contribution < -0.4 is 10.2 Å². The summed E-state index contributed by atoms with van der Waals surface area (Å²) in [6.45, 7) is 2.35. The van der Waals surface area contributed by atoms with E-state index >= 15 is 0 Å². The third kappa shape index (κ3) is 2.91. The zero-order valence-electron chi connectivity index (χ0n) is 13.8. The predicted octanol–water partition coefficient (Wildman–Crippen LogP) is 3.77. The normalized spacial score (nSPS) is 16.1. The van der Waals surface area contributed by atoms with Crippen molar-refractivity contribution in [2.24, 2.45) is 0 Å². The van der Waals surface area contributed by atoms with Crippen LogP contribution in [0.2, 0.25) is 0 Å². The van der Waals surface area contributed by atoms with Crippen molar-refractivity contribution in [1.29, 1.82) is 0 Å². The Kier molecular flexibility index (Phi) is 4.00. The van der Waals surface area contributed by atoms with Crippen molar-refractivity contribution in [1.82, 2.24) is 0 Å². The second-order valence-electron chi connectivity index (χ2n) is 6.36. The molecule has 6 heteroatoms. The van der Waals surface area contributed by atoms with Gasteiger partial charge >= 0.3 is 0 Å². The van der Waals surface area contributed by atoms with E-state index in [9.17, 15) is 14.0 Å². The number of thioether (sulfide) groups is 1. The van der Waals surface area contributed by atoms with Crippen LogP contribution in [-0.4, -0.2) is 24.1 Å². The molecule has 2 aromatic rings. The Morgan fingerprint density at radius 2 is 2.12 bits per heavy atom. The van der Waals surface area contributed by atoms with E-state index in [2.05, 4.69) is 5.32 Å². The minimum Gasteiger partial charge on any atom is -0.324 e. The van der Waals surface area contributed by atoms with Gasteiger partial charge in [-0.15, -0.1) is 11.8 Å². The van der Waals surface area contributed by atoms with Crippen LogP contribution in [0.3, 0.4) is 0 Å². The molecule has 4 nitrogen and oxygen atoms in total. The molecule has 2 aliphatic heterocycles. The van der Waals surface area contributed by atoms with Crippen molar-refractivity contribution in [3.05, 3.63) is 52.8 Å². The topological polar surface area (TPSA) is 49.4 Å². The summed E-state index contributed by atoms with van der Waals surface area (Å²) in [4.78, 5) is 27.0. The van der Waals surface area contributed by atoms with Gasteiger partial charge in [0.15, 0.2) is 0 Å². The Bertz CT molecular complexity index is 897. The summed E-state index contributed by atoms with van der Waals surface area (Å²) in [6, 6.07) is 8.67. The lowest BCUT2D eigenvalue weighted by Gasteiger charge is -2.30. The molecule has 2 heterocycles. The SMILES string of the molecule is Cc1cc(F)c2c(c1)CCCN2C(=O)c1ccc2c(c1)NC(=O)CS2. The third-order valence-electron chi connectivity index (χ3n) is 4.49. The first-order chi connectivity index (χ1) is 12.0. The molecular formula is C19H17FN2O2S. The Morgan fingerprint density at radius 1 is 1.28 bits per heavy atom. The number of anilines is 2. The largest absolute Gasteiger partial charge is 0.324 e. The van der Waals surface area contributed by atoms with Crippen molar-refractivity contribution >= 4 is 35.0 Å². The standard InChI is InChI=1S/C19H17FN2O2S/c1-11-7-12-3-2-6-22(18(12)14(20)8-11)19(24)13-4-5-16-15(9-13)21-17(23)10-25-16/h4-5,7-9H,2-3,6,10H2,1H3,(H,21,23). The zero-order valence-corrected chi connectivity index (χ0v) is 14.6. The van der Waals surface area contributed by atoms with Crippen LogP contribution in [0.5, 0.6) is 0 Å². The number of nitrogens with zero attached hydrogens (tertiary/aromatic N) is 1. The van der Waals surface area contributed by atoms with Crippen LogP contribution in [0.25, 0.3) is 0 Å². The lowest BCUT2D eigenvalue weighted by atomic mass is 9.98. The minimum absolute atomic E-state index is 0.0769. The summed E-state index contributed by atoms with van der Waals surface area (Å²) in [7, 11) is 0. The molecule has 128 valence electrons. The highest BCUT2D eigenvalue weighted by molar-refractivity contribution is 8.00. The van der Waals surface area contributed by atoms with E-state index in [1.165, 1.54) is 22.7 Å². The highest BCUT2D eigenvalue weighted by atomic mass is 32.2. The molecule has 0 aliphatic carbocycles. The smallest absolute Gasteiger partial charge is 0.258 e. The van der Waals surface area contributed by atoms with E-state index in [0.717, 1.165) is 28.9 Å². The fourth-order valence-electron chi connectivity index (χ4n) is 3.41. The van der Waals surface area contributed by atoms with Gasteiger partial charge in [0.05, 0.1) is 17.1 Å². The molecular weight excluding hydrogens is 339 g/mol. The first-order valence-corrected chi connectivity index (χ1v) is 9.19. The number of hydrogen-bond acceptors (Lipinski definition) is 3. The first kappa shape index (κ1) is 16.1. The highest BCUT2D eigenvalue weighted by Gasteiger charge is 2.28. The van der Waals surface area contributed by atoms with E-state index in [1.54, 1.807) is 12.1 Å². The van der Waals surface area contributed by atoms with Crippen molar-refractivity contribution < 1.29 is 14.0 Å². The first-order valence-electron chi connectivity index (χ1n) is 8.20. The summed E-state index contributed by atoms with van der Waals surface area (Å²) in [5.41, 5.74) is 3.22. The van der Waals surface area contributed by atoms with Gasteiger partial charge in [0.2, 0.25) is 5.91 Å². The van der Waals surface area contributed by atoms with Crippen molar-refractivity contribution in [2.75, 3.05) is 22.5 Å². The summed E-state index contributed by atoms with van der Waals surface area (Å²) < 4.78 is 14.5. The van der Waals surface area contributed by atoms with Crippen LogP contribution in [-0.2, 0) is 11.2 Å². The van der Waals surface area contributed by atoms with Crippen LogP contribution >= 0.6 is 11.8 Å². The molecule has 0 saturated carbocycles. The second kappa shape index (κ2) is 6.19. The Morgan fingerprint density at radius 3 is 2.96 bits per heavy atom. The van der Waals surface area contributed by atoms with Crippen LogP contribution in [0.4, 0.5) is 15.8 Å². The Hall–Kier alpha value is -2.34. The van der Waals surface area contributed by atoms with Gasteiger partial charge in [-0.3, -0.25) is 9.59 Å². The number of nitrogens with one attached hydrogen (secondary N) is 1. The molecule has 0 spiro atoms. The number of carbonyl (C=O) groups is 2. The fourth-order valence-corrected chi connectivity index (χ4v) is 4.20. The number of carbonyl (C=O) groups excluding carboxylic acids is 2. The van der Waals surface area contributed by atoms with E-state index < -0.39 is 0 Å². The van der Waals surface area contributed by atoms with Gasteiger partial charge in [-0.05, 0) is 55.2 Å². The summed E-state index contributed by atoms with van der Waals surface area (Å²) in [5, 5.41) is 2.79. The van der Waals surface area contributed by atoms with Gasteiger partial charge in [0.25, 0.3) is 5.91 Å². The van der Waals surface area contributed by atoms with E-state index in [0.29, 0.717) is 29.2 Å². The Balaban J connectivity index is 1.71. The van der Waals surface area contributed by atoms with Crippen LogP contribution in [0, 0.1) is 12.7 Å². The molecule has 0 saturated heterocycles. The molecule has 25 heavy (non-hydrogen) atoms. The number of hydrogen-bond donors (Lipinski definition) is 1. The monoisotopic (exact) mass is 356 g/mol.